The average molecular weight is 278 g/mol. The third-order valence-corrected chi connectivity index (χ3v) is 2.84. The second-order valence-electron chi connectivity index (χ2n) is 5.37. The van der Waals surface area contributed by atoms with Gasteiger partial charge in [-0.2, -0.15) is 0 Å². The van der Waals surface area contributed by atoms with E-state index < -0.39 is 11.4 Å². The number of hydrogen-bond donors (Lipinski definition) is 1. The minimum atomic E-state index is -1.10. The van der Waals surface area contributed by atoms with Gasteiger partial charge in [-0.15, -0.1) is 0 Å². The third kappa shape index (κ3) is 4.52. The van der Waals surface area contributed by atoms with Crippen molar-refractivity contribution >= 4 is 0 Å². The summed E-state index contributed by atoms with van der Waals surface area (Å²) in [6, 6.07) is 4.51. The summed E-state index contributed by atoms with van der Waals surface area (Å²) >= 11 is 0. The molecule has 20 heavy (non-hydrogen) atoms. The molecular weight excluding hydrogens is 259 g/mol. The highest BCUT2D eigenvalue weighted by molar-refractivity contribution is 5.40. The molecule has 4 heteroatoms. The van der Waals surface area contributed by atoms with E-state index in [9.17, 15) is 9.50 Å². The van der Waals surface area contributed by atoms with Gasteiger partial charge in [-0.3, -0.25) is 0 Å². The lowest BCUT2D eigenvalue weighted by molar-refractivity contribution is -0.107. The van der Waals surface area contributed by atoms with Crippen LogP contribution in [-0.4, -0.2) is 23.6 Å². The molecule has 1 N–H and O–H groups in total. The van der Waals surface area contributed by atoms with E-state index in [1.165, 1.54) is 6.07 Å². The molecule has 2 rings (SSSR count). The summed E-state index contributed by atoms with van der Waals surface area (Å²) in [5, 5.41) is 9.51. The van der Waals surface area contributed by atoms with Crippen LogP contribution in [0.3, 0.4) is 0 Å². The van der Waals surface area contributed by atoms with Crippen molar-refractivity contribution in [2.45, 2.75) is 45.0 Å². The smallest absolute Gasteiger partial charge is 0.199 e. The van der Waals surface area contributed by atoms with Gasteiger partial charge in [0.25, 0.3) is 0 Å². The first-order chi connectivity index (χ1) is 9.44. The van der Waals surface area contributed by atoms with E-state index in [4.69, 9.17) is 9.47 Å². The Labute approximate surface area is 118 Å². The van der Waals surface area contributed by atoms with E-state index in [0.717, 1.165) is 19.3 Å². The molecule has 1 aliphatic heterocycles. The zero-order valence-electron chi connectivity index (χ0n) is 11.8. The molecule has 1 aromatic rings. The Kier molecular flexibility index (Phi) is 4.64. The van der Waals surface area contributed by atoms with Crippen molar-refractivity contribution in [2.75, 3.05) is 6.61 Å². The normalized spacial score (nSPS) is 19.1. The second-order valence-corrected chi connectivity index (χ2v) is 5.37. The highest BCUT2D eigenvalue weighted by Crippen LogP contribution is 2.23. The molecule has 1 unspecified atom stereocenters. The molecule has 0 aliphatic carbocycles. The summed E-state index contributed by atoms with van der Waals surface area (Å²) in [5.74, 6) is 5.07. The van der Waals surface area contributed by atoms with Crippen LogP contribution < -0.4 is 4.74 Å². The van der Waals surface area contributed by atoms with Crippen molar-refractivity contribution in [1.82, 2.24) is 0 Å². The Morgan fingerprint density at radius 1 is 1.40 bits per heavy atom. The Morgan fingerprint density at radius 2 is 2.20 bits per heavy atom. The predicted octanol–water partition coefficient (Wildman–Crippen LogP) is 2.85. The van der Waals surface area contributed by atoms with Crippen LogP contribution in [0.15, 0.2) is 18.2 Å². The molecule has 0 aromatic heterocycles. The summed E-state index contributed by atoms with van der Waals surface area (Å²) in [6.07, 6.45) is 2.46. The van der Waals surface area contributed by atoms with Crippen LogP contribution in [0.2, 0.25) is 0 Å². The molecule has 1 heterocycles. The standard InChI is InChI=1S/C16H19FO3/c1-16(2,18)9-8-12-6-7-14(13(17)11-12)20-15-5-3-4-10-19-15/h6-7,11,15,18H,3-5,10H2,1-2H3. The molecule has 0 spiro atoms. The fraction of sp³-hybridized carbons (Fsp3) is 0.500. The molecule has 1 fully saturated rings. The molecule has 0 bridgehead atoms. The molecule has 1 saturated heterocycles. The van der Waals surface area contributed by atoms with Crippen molar-refractivity contribution in [1.29, 1.82) is 0 Å². The second kappa shape index (κ2) is 6.25. The quantitative estimate of drug-likeness (QED) is 0.845. The molecule has 1 aromatic carbocycles. The van der Waals surface area contributed by atoms with Crippen molar-refractivity contribution < 1.29 is 19.0 Å². The zero-order valence-corrected chi connectivity index (χ0v) is 11.8. The number of aliphatic hydroxyl groups is 1. The van der Waals surface area contributed by atoms with Crippen LogP contribution in [0, 0.1) is 17.7 Å². The fourth-order valence-electron chi connectivity index (χ4n) is 1.85. The maximum atomic E-state index is 13.9. The van der Waals surface area contributed by atoms with Crippen LogP contribution >= 0.6 is 0 Å². The van der Waals surface area contributed by atoms with Crippen LogP contribution in [0.1, 0.15) is 38.7 Å². The number of rotatable bonds is 2. The maximum absolute atomic E-state index is 13.9. The Morgan fingerprint density at radius 3 is 2.80 bits per heavy atom. The van der Waals surface area contributed by atoms with E-state index >= 15 is 0 Å². The van der Waals surface area contributed by atoms with E-state index in [2.05, 4.69) is 11.8 Å². The minimum absolute atomic E-state index is 0.172. The van der Waals surface area contributed by atoms with Gasteiger partial charge in [0.1, 0.15) is 5.60 Å². The fourth-order valence-corrected chi connectivity index (χ4v) is 1.85. The number of halogens is 1. The van der Waals surface area contributed by atoms with Crippen LogP contribution in [-0.2, 0) is 4.74 Å². The lowest BCUT2D eigenvalue weighted by Gasteiger charge is -2.23. The lowest BCUT2D eigenvalue weighted by Crippen LogP contribution is -2.25. The highest BCUT2D eigenvalue weighted by atomic mass is 19.1. The lowest BCUT2D eigenvalue weighted by atomic mass is 10.1. The first-order valence-electron chi connectivity index (χ1n) is 6.77. The van der Waals surface area contributed by atoms with Crippen LogP contribution in [0.5, 0.6) is 5.75 Å². The summed E-state index contributed by atoms with van der Waals surface area (Å²) in [6.45, 7) is 3.81. The van der Waals surface area contributed by atoms with Crippen LogP contribution in [0.4, 0.5) is 4.39 Å². The first kappa shape index (κ1) is 14.8. The van der Waals surface area contributed by atoms with Crippen LogP contribution in [0.25, 0.3) is 0 Å². The monoisotopic (exact) mass is 278 g/mol. The van der Waals surface area contributed by atoms with E-state index in [0.29, 0.717) is 12.2 Å². The predicted molar refractivity (Wildman–Crippen MR) is 73.8 cm³/mol. The molecule has 0 amide bonds. The number of benzene rings is 1. The molecule has 1 atom stereocenters. The molecular formula is C16H19FO3. The van der Waals surface area contributed by atoms with Crippen molar-refractivity contribution in [3.8, 4) is 17.6 Å². The van der Waals surface area contributed by atoms with Gasteiger partial charge in [-0.05, 0) is 44.9 Å². The summed E-state index contributed by atoms with van der Waals surface area (Å²) in [5.41, 5.74) is -0.594. The van der Waals surface area contributed by atoms with Crippen molar-refractivity contribution in [2.24, 2.45) is 0 Å². The number of ether oxygens (including phenoxy) is 2. The van der Waals surface area contributed by atoms with Gasteiger partial charge in [0.2, 0.25) is 0 Å². The zero-order chi connectivity index (χ0) is 14.6. The minimum Gasteiger partial charge on any atom is -0.462 e. The molecule has 3 nitrogen and oxygen atoms in total. The Balaban J connectivity index is 2.07. The van der Waals surface area contributed by atoms with Gasteiger partial charge in [-0.1, -0.05) is 11.8 Å². The molecule has 1 aliphatic rings. The third-order valence-electron chi connectivity index (χ3n) is 2.84. The van der Waals surface area contributed by atoms with Gasteiger partial charge < -0.3 is 14.6 Å². The van der Waals surface area contributed by atoms with Gasteiger partial charge in [0, 0.05) is 12.0 Å². The topological polar surface area (TPSA) is 38.7 Å². The van der Waals surface area contributed by atoms with E-state index in [-0.39, 0.29) is 12.0 Å². The Hall–Kier alpha value is -1.57. The summed E-state index contributed by atoms with van der Waals surface area (Å²) in [7, 11) is 0. The first-order valence-corrected chi connectivity index (χ1v) is 6.77. The van der Waals surface area contributed by atoms with Gasteiger partial charge in [0.05, 0.1) is 6.61 Å². The van der Waals surface area contributed by atoms with Gasteiger partial charge in [0.15, 0.2) is 17.9 Å². The number of hydrogen-bond acceptors (Lipinski definition) is 3. The maximum Gasteiger partial charge on any atom is 0.199 e. The van der Waals surface area contributed by atoms with Gasteiger partial charge >= 0.3 is 0 Å². The molecule has 0 saturated carbocycles. The van der Waals surface area contributed by atoms with E-state index in [1.807, 2.05) is 0 Å². The van der Waals surface area contributed by atoms with E-state index in [1.54, 1.807) is 26.0 Å². The van der Waals surface area contributed by atoms with Gasteiger partial charge in [-0.25, -0.2) is 4.39 Å². The molecule has 108 valence electrons. The summed E-state index contributed by atoms with van der Waals surface area (Å²) < 4.78 is 24.8. The Bertz CT molecular complexity index is 517. The average Bonchev–Trinajstić information content (AvgIpc) is 2.40. The summed E-state index contributed by atoms with van der Waals surface area (Å²) in [4.78, 5) is 0. The SMILES string of the molecule is CC(C)(O)C#Cc1ccc(OC2CCCCO2)c(F)c1. The van der Waals surface area contributed by atoms with Crippen molar-refractivity contribution in [3.05, 3.63) is 29.6 Å². The largest absolute Gasteiger partial charge is 0.462 e. The molecule has 0 radical (unpaired) electrons. The van der Waals surface area contributed by atoms with Crippen molar-refractivity contribution in [3.63, 3.8) is 0 Å². The highest BCUT2D eigenvalue weighted by Gasteiger charge is 2.17.